The Kier molecular flexibility index (Phi) is 7.06. The molecule has 1 saturated heterocycles. The van der Waals surface area contributed by atoms with Crippen molar-refractivity contribution in [1.29, 1.82) is 0 Å². The molecule has 0 spiro atoms. The monoisotopic (exact) mass is 447 g/mol. The maximum Gasteiger partial charge on any atom is 0.263 e. The number of sulfonamides is 1. The molecule has 0 unspecified atom stereocenters. The lowest BCUT2D eigenvalue weighted by Gasteiger charge is -2.36. The summed E-state index contributed by atoms with van der Waals surface area (Å²) in [7, 11) is -3.88. The van der Waals surface area contributed by atoms with E-state index in [2.05, 4.69) is 41.3 Å². The second-order valence-electron chi connectivity index (χ2n) is 8.10. The number of hydrogen-bond donors (Lipinski definition) is 1. The van der Waals surface area contributed by atoms with E-state index in [1.165, 1.54) is 26.3 Å². The molecule has 31 heavy (non-hydrogen) atoms. The number of carbonyl (C=O) groups excluding carboxylic acids is 1. The van der Waals surface area contributed by atoms with Gasteiger partial charge in [-0.2, -0.15) is 9.40 Å². The number of anilines is 1. The summed E-state index contributed by atoms with van der Waals surface area (Å²) >= 11 is 0. The molecule has 1 atom stereocenters. The number of aromatic nitrogens is 2. The minimum absolute atomic E-state index is 0.0471. The second-order valence-corrected chi connectivity index (χ2v) is 9.95. The number of rotatable bonds is 7. The van der Waals surface area contributed by atoms with E-state index in [9.17, 15) is 13.2 Å². The zero-order valence-electron chi connectivity index (χ0n) is 19.1. The number of carbonyl (C=O) groups is 1. The van der Waals surface area contributed by atoms with Gasteiger partial charge in [0.2, 0.25) is 5.03 Å². The van der Waals surface area contributed by atoms with Gasteiger partial charge in [0.15, 0.2) is 0 Å². The van der Waals surface area contributed by atoms with Crippen molar-refractivity contribution in [3.8, 4) is 0 Å². The summed E-state index contributed by atoms with van der Waals surface area (Å²) in [6.07, 6.45) is 2.28. The molecular weight excluding hydrogens is 414 g/mol. The van der Waals surface area contributed by atoms with Gasteiger partial charge in [0.1, 0.15) is 0 Å². The van der Waals surface area contributed by atoms with Crippen LogP contribution in [0.4, 0.5) is 5.69 Å². The van der Waals surface area contributed by atoms with E-state index in [1.54, 1.807) is 0 Å². The van der Waals surface area contributed by atoms with E-state index in [4.69, 9.17) is 0 Å². The predicted molar refractivity (Wildman–Crippen MR) is 122 cm³/mol. The molecule has 0 saturated carbocycles. The topological polar surface area (TPSA) is 87.5 Å². The van der Waals surface area contributed by atoms with Gasteiger partial charge in [-0.05, 0) is 51.3 Å². The highest BCUT2D eigenvalue weighted by Crippen LogP contribution is 2.26. The van der Waals surface area contributed by atoms with Crippen LogP contribution in [0.25, 0.3) is 0 Å². The van der Waals surface area contributed by atoms with Gasteiger partial charge in [-0.25, -0.2) is 8.42 Å². The molecule has 1 fully saturated rings. The smallest absolute Gasteiger partial charge is 0.263 e. The Morgan fingerprint density at radius 1 is 1.16 bits per heavy atom. The van der Waals surface area contributed by atoms with Crippen LogP contribution < -0.4 is 10.2 Å². The number of piperazine rings is 1. The van der Waals surface area contributed by atoms with Crippen LogP contribution in [0.15, 0.2) is 29.4 Å². The van der Waals surface area contributed by atoms with E-state index >= 15 is 0 Å². The highest BCUT2D eigenvalue weighted by molar-refractivity contribution is 7.89. The lowest BCUT2D eigenvalue weighted by Crippen LogP contribution is -2.49. The van der Waals surface area contributed by atoms with Crippen LogP contribution in [0.5, 0.6) is 0 Å². The quantitative estimate of drug-likeness (QED) is 0.705. The first-order valence-electron chi connectivity index (χ1n) is 10.9. The molecule has 0 bridgehead atoms. The molecule has 1 aromatic carbocycles. The molecule has 1 aromatic heterocycles. The van der Waals surface area contributed by atoms with Gasteiger partial charge in [-0.3, -0.25) is 9.48 Å². The third-order valence-electron chi connectivity index (χ3n) is 6.03. The van der Waals surface area contributed by atoms with Crippen molar-refractivity contribution in [2.45, 2.75) is 58.7 Å². The highest BCUT2D eigenvalue weighted by atomic mass is 32.2. The Bertz CT molecular complexity index is 1040. The van der Waals surface area contributed by atoms with E-state index in [0.717, 1.165) is 12.1 Å². The largest absolute Gasteiger partial charge is 0.369 e. The summed E-state index contributed by atoms with van der Waals surface area (Å²) in [6, 6.07) is 6.14. The Morgan fingerprint density at radius 2 is 1.84 bits per heavy atom. The first kappa shape index (κ1) is 23.3. The average Bonchev–Trinajstić information content (AvgIpc) is 3.21. The third kappa shape index (κ3) is 4.77. The van der Waals surface area contributed by atoms with Crippen molar-refractivity contribution in [1.82, 2.24) is 19.4 Å². The number of nitrogens with one attached hydrogen (secondary N) is 1. The lowest BCUT2D eigenvalue weighted by atomic mass is 10.1. The number of aryl methyl sites for hydroxylation is 2. The summed E-state index contributed by atoms with van der Waals surface area (Å²) in [5.74, 6) is -0.401. The Balaban J connectivity index is 1.82. The summed E-state index contributed by atoms with van der Waals surface area (Å²) in [5.41, 5.74) is 3.68. The van der Waals surface area contributed by atoms with Gasteiger partial charge < -0.3 is 10.2 Å². The molecule has 2 heterocycles. The molecule has 2 aromatic rings. The lowest BCUT2D eigenvalue weighted by molar-refractivity contribution is 0.0935. The van der Waals surface area contributed by atoms with Crippen LogP contribution in [0, 0.1) is 13.8 Å². The van der Waals surface area contributed by atoms with E-state index in [0.29, 0.717) is 32.7 Å². The first-order valence-corrected chi connectivity index (χ1v) is 12.3. The summed E-state index contributed by atoms with van der Waals surface area (Å²) in [6.45, 7) is 12.3. The molecule has 9 heteroatoms. The average molecular weight is 448 g/mol. The number of amides is 1. The van der Waals surface area contributed by atoms with Crippen LogP contribution in [-0.2, 0) is 16.6 Å². The number of nitrogens with zero attached hydrogens (tertiary/aromatic N) is 4. The van der Waals surface area contributed by atoms with Crippen LogP contribution >= 0.6 is 0 Å². The van der Waals surface area contributed by atoms with Crippen molar-refractivity contribution >= 4 is 21.6 Å². The van der Waals surface area contributed by atoms with Crippen LogP contribution in [0.1, 0.15) is 48.7 Å². The molecule has 1 N–H and O–H groups in total. The Hall–Kier alpha value is -2.39. The summed E-state index contributed by atoms with van der Waals surface area (Å²) < 4.78 is 29.8. The van der Waals surface area contributed by atoms with Gasteiger partial charge >= 0.3 is 0 Å². The zero-order valence-corrected chi connectivity index (χ0v) is 19.9. The minimum Gasteiger partial charge on any atom is -0.369 e. The standard InChI is InChI=1S/C22H33N5O3S/c1-6-17(4)23-21(28)19-15-26(7-2)24-22(19)31(29,30)27-13-11-25(12-14-27)20-10-8-9-16(3)18(20)5/h8-10,15,17H,6-7,11-14H2,1-5H3,(H,23,28)/t17-/m1/s1. The van der Waals surface area contributed by atoms with Crippen molar-refractivity contribution in [3.63, 3.8) is 0 Å². The molecule has 8 nitrogen and oxygen atoms in total. The summed E-state index contributed by atoms with van der Waals surface area (Å²) in [4.78, 5) is 15.0. The molecule has 170 valence electrons. The van der Waals surface area contributed by atoms with E-state index in [-0.39, 0.29) is 16.6 Å². The minimum atomic E-state index is -3.88. The molecule has 3 rings (SSSR count). The van der Waals surface area contributed by atoms with E-state index in [1.807, 2.05) is 26.8 Å². The van der Waals surface area contributed by atoms with Crippen LogP contribution in [0.3, 0.4) is 0 Å². The SMILES string of the molecule is CC[C@@H](C)NC(=O)c1cn(CC)nc1S(=O)(=O)N1CCN(c2cccc(C)c2C)CC1. The molecule has 1 aliphatic rings. The first-order chi connectivity index (χ1) is 14.7. The maximum absolute atomic E-state index is 13.4. The summed E-state index contributed by atoms with van der Waals surface area (Å²) in [5, 5.41) is 6.94. The predicted octanol–water partition coefficient (Wildman–Crippen LogP) is 2.56. The highest BCUT2D eigenvalue weighted by Gasteiger charge is 2.35. The molecule has 1 aliphatic heterocycles. The maximum atomic E-state index is 13.4. The fraction of sp³-hybridized carbons (Fsp3) is 0.545. The van der Waals surface area contributed by atoms with Crippen molar-refractivity contribution in [2.75, 3.05) is 31.1 Å². The molecular formula is C22H33N5O3S. The molecule has 0 aliphatic carbocycles. The fourth-order valence-electron chi connectivity index (χ4n) is 3.69. The number of hydrogen-bond acceptors (Lipinski definition) is 5. The van der Waals surface area contributed by atoms with Crippen molar-refractivity contribution in [3.05, 3.63) is 41.1 Å². The van der Waals surface area contributed by atoms with Gasteiger partial charge in [0, 0.05) is 50.6 Å². The third-order valence-corrected chi connectivity index (χ3v) is 7.86. The molecule has 0 radical (unpaired) electrons. The second kappa shape index (κ2) is 9.40. The fourth-order valence-corrected chi connectivity index (χ4v) is 5.21. The number of benzene rings is 1. The van der Waals surface area contributed by atoms with Gasteiger partial charge in [0.25, 0.3) is 15.9 Å². The van der Waals surface area contributed by atoms with Gasteiger partial charge in [-0.15, -0.1) is 0 Å². The van der Waals surface area contributed by atoms with Gasteiger partial charge in [-0.1, -0.05) is 19.1 Å². The van der Waals surface area contributed by atoms with Crippen molar-refractivity contribution in [2.24, 2.45) is 0 Å². The van der Waals surface area contributed by atoms with Crippen molar-refractivity contribution < 1.29 is 13.2 Å². The zero-order chi connectivity index (χ0) is 22.8. The van der Waals surface area contributed by atoms with Crippen LogP contribution in [0.2, 0.25) is 0 Å². The normalized spacial score (nSPS) is 16.4. The Morgan fingerprint density at radius 3 is 2.45 bits per heavy atom. The van der Waals surface area contributed by atoms with Gasteiger partial charge in [0.05, 0.1) is 5.56 Å². The Labute approximate surface area is 185 Å². The molecule has 1 amide bonds. The van der Waals surface area contributed by atoms with E-state index < -0.39 is 15.9 Å². The van der Waals surface area contributed by atoms with Crippen LogP contribution in [-0.4, -0.2) is 60.6 Å².